The summed E-state index contributed by atoms with van der Waals surface area (Å²) in [6, 6.07) is 14.8. The van der Waals surface area contributed by atoms with Gasteiger partial charge in [0.2, 0.25) is 0 Å². The summed E-state index contributed by atoms with van der Waals surface area (Å²) in [5.41, 5.74) is 2.18. The van der Waals surface area contributed by atoms with Gasteiger partial charge in [-0.1, -0.05) is 23.8 Å². The maximum Gasteiger partial charge on any atom is 0.268 e. The quantitative estimate of drug-likeness (QED) is 0.261. The fourth-order valence-corrected chi connectivity index (χ4v) is 5.40. The molecule has 0 unspecified atom stereocenters. The van der Waals surface area contributed by atoms with Crippen LogP contribution in [-0.2, 0) is 16.4 Å². The number of rotatable bonds is 7. The van der Waals surface area contributed by atoms with E-state index in [1.165, 1.54) is 42.7 Å². The third kappa shape index (κ3) is 4.07. The predicted octanol–water partition coefficient (Wildman–Crippen LogP) is 6.38. The minimum atomic E-state index is -3.96. The molecule has 1 N–H and O–H groups in total. The average Bonchev–Trinajstić information content (AvgIpc) is 3.53. The first-order valence-corrected chi connectivity index (χ1v) is 12.5. The molecular weight excluding hydrogens is 484 g/mol. The first-order chi connectivity index (χ1) is 17.3. The van der Waals surface area contributed by atoms with Gasteiger partial charge in [-0.05, 0) is 55.8 Å². The van der Waals surface area contributed by atoms with Gasteiger partial charge in [0.1, 0.15) is 11.6 Å². The van der Waals surface area contributed by atoms with Crippen molar-refractivity contribution in [3.8, 4) is 22.8 Å². The Hall–Kier alpha value is -4.24. The molecule has 182 valence electrons. The Morgan fingerprint density at radius 1 is 1.06 bits per heavy atom. The molecule has 0 bridgehead atoms. The third-order valence-electron chi connectivity index (χ3n) is 5.84. The molecule has 0 amide bonds. The van der Waals surface area contributed by atoms with E-state index in [1.807, 2.05) is 6.92 Å². The fraction of sp³-hybridized carbons (Fsp3) is 0.0741. The molecule has 0 fully saturated rings. The van der Waals surface area contributed by atoms with Gasteiger partial charge < -0.3 is 4.74 Å². The maximum atomic E-state index is 15.5. The first kappa shape index (κ1) is 23.5. The Morgan fingerprint density at radius 2 is 1.83 bits per heavy atom. The SMILES string of the molecule is C=CCc1c(Oc2ccc(F)c(-c3ccn[nH]3)c2)c(F)cc2c1ccn2S(=O)(=O)c1ccc(C)cc1. The van der Waals surface area contributed by atoms with Crippen LogP contribution in [0, 0.1) is 18.6 Å². The number of allylic oxidation sites excluding steroid dienone is 1. The number of fused-ring (bicyclic) bond motifs is 1. The van der Waals surface area contributed by atoms with Gasteiger partial charge in [-0.25, -0.2) is 21.2 Å². The van der Waals surface area contributed by atoms with E-state index in [0.717, 1.165) is 15.6 Å². The molecule has 6 nitrogen and oxygen atoms in total. The number of benzene rings is 3. The van der Waals surface area contributed by atoms with Crippen molar-refractivity contribution in [3.05, 3.63) is 108 Å². The molecule has 0 atom stereocenters. The van der Waals surface area contributed by atoms with Crippen LogP contribution >= 0.6 is 0 Å². The molecular formula is C27H21F2N3O3S. The molecule has 0 aliphatic carbocycles. The number of hydrogen-bond acceptors (Lipinski definition) is 4. The molecule has 2 aromatic heterocycles. The van der Waals surface area contributed by atoms with Crippen LogP contribution in [0.2, 0.25) is 0 Å². The van der Waals surface area contributed by atoms with Gasteiger partial charge in [0.15, 0.2) is 11.6 Å². The summed E-state index contributed by atoms with van der Waals surface area (Å²) in [5, 5.41) is 7.02. The number of aromatic amines is 1. The van der Waals surface area contributed by atoms with Crippen LogP contribution < -0.4 is 4.74 Å². The number of H-pyrrole nitrogens is 1. The van der Waals surface area contributed by atoms with Crippen molar-refractivity contribution in [3.63, 3.8) is 0 Å². The second kappa shape index (κ2) is 9.09. The van der Waals surface area contributed by atoms with Crippen molar-refractivity contribution in [1.29, 1.82) is 0 Å². The van der Waals surface area contributed by atoms with Gasteiger partial charge in [0.25, 0.3) is 10.0 Å². The van der Waals surface area contributed by atoms with Crippen LogP contribution in [0.15, 0.2) is 90.6 Å². The van der Waals surface area contributed by atoms with E-state index in [9.17, 15) is 12.8 Å². The summed E-state index contributed by atoms with van der Waals surface area (Å²) in [6.45, 7) is 5.61. The number of nitrogens with zero attached hydrogens (tertiary/aromatic N) is 2. The Bertz CT molecular complexity index is 1690. The Balaban J connectivity index is 1.62. The van der Waals surface area contributed by atoms with E-state index >= 15 is 4.39 Å². The third-order valence-corrected chi connectivity index (χ3v) is 7.55. The molecule has 0 saturated carbocycles. The molecule has 36 heavy (non-hydrogen) atoms. The highest BCUT2D eigenvalue weighted by atomic mass is 32.2. The Labute approximate surface area is 206 Å². The van der Waals surface area contributed by atoms with Crippen LogP contribution in [0.5, 0.6) is 11.5 Å². The zero-order valence-corrected chi connectivity index (χ0v) is 20.0. The van der Waals surface area contributed by atoms with Crippen LogP contribution in [0.3, 0.4) is 0 Å². The minimum Gasteiger partial charge on any atom is -0.454 e. The summed E-state index contributed by atoms with van der Waals surface area (Å²) in [6.07, 6.45) is 4.68. The van der Waals surface area contributed by atoms with Crippen molar-refractivity contribution < 1.29 is 21.9 Å². The summed E-state index contributed by atoms with van der Waals surface area (Å²) in [7, 11) is -3.96. The Morgan fingerprint density at radius 3 is 2.53 bits per heavy atom. The molecule has 0 spiro atoms. The summed E-state index contributed by atoms with van der Waals surface area (Å²) in [4.78, 5) is 0.0919. The second-order valence-electron chi connectivity index (χ2n) is 8.24. The molecule has 0 aliphatic rings. The number of ether oxygens (including phenoxy) is 1. The van der Waals surface area contributed by atoms with Gasteiger partial charge >= 0.3 is 0 Å². The van der Waals surface area contributed by atoms with E-state index in [2.05, 4.69) is 16.8 Å². The maximum absolute atomic E-state index is 15.5. The zero-order chi connectivity index (χ0) is 25.4. The lowest BCUT2D eigenvalue weighted by Gasteiger charge is -2.15. The summed E-state index contributed by atoms with van der Waals surface area (Å²) in [5.74, 6) is -1.13. The lowest BCUT2D eigenvalue weighted by molar-refractivity contribution is 0.438. The van der Waals surface area contributed by atoms with Crippen molar-refractivity contribution in [2.45, 2.75) is 18.2 Å². The zero-order valence-electron chi connectivity index (χ0n) is 19.2. The minimum absolute atomic E-state index is 0.0879. The highest BCUT2D eigenvalue weighted by Gasteiger charge is 2.24. The molecule has 5 aromatic rings. The number of nitrogens with one attached hydrogen (secondary N) is 1. The number of halogens is 2. The van der Waals surface area contributed by atoms with Crippen molar-refractivity contribution in [2.75, 3.05) is 0 Å². The van der Waals surface area contributed by atoms with Crippen molar-refractivity contribution >= 4 is 20.9 Å². The van der Waals surface area contributed by atoms with Gasteiger partial charge in [0.05, 0.1) is 16.1 Å². The lowest BCUT2D eigenvalue weighted by atomic mass is 10.0. The normalized spacial score (nSPS) is 11.6. The molecule has 9 heteroatoms. The van der Waals surface area contributed by atoms with Gasteiger partial charge in [0, 0.05) is 35.0 Å². The first-order valence-electron chi connectivity index (χ1n) is 11.0. The Kier molecular flexibility index (Phi) is 5.93. The average molecular weight is 506 g/mol. The number of hydrogen-bond donors (Lipinski definition) is 1. The molecule has 0 saturated heterocycles. The number of aryl methyl sites for hydroxylation is 1. The van der Waals surface area contributed by atoms with Gasteiger partial charge in [-0.3, -0.25) is 5.10 Å². The van der Waals surface area contributed by atoms with Crippen molar-refractivity contribution in [2.24, 2.45) is 0 Å². The van der Waals surface area contributed by atoms with E-state index in [1.54, 1.807) is 30.3 Å². The molecule has 2 heterocycles. The van der Waals surface area contributed by atoms with E-state index in [0.29, 0.717) is 16.6 Å². The highest BCUT2D eigenvalue weighted by Crippen LogP contribution is 2.38. The molecule has 3 aromatic carbocycles. The second-order valence-corrected chi connectivity index (χ2v) is 10.1. The molecule has 5 rings (SSSR count). The topological polar surface area (TPSA) is 77.0 Å². The van der Waals surface area contributed by atoms with Crippen LogP contribution in [0.1, 0.15) is 11.1 Å². The van der Waals surface area contributed by atoms with Crippen molar-refractivity contribution in [1.82, 2.24) is 14.2 Å². The molecule has 0 radical (unpaired) electrons. The van der Waals surface area contributed by atoms with Gasteiger partial charge in [-0.2, -0.15) is 5.10 Å². The lowest BCUT2D eigenvalue weighted by Crippen LogP contribution is -2.12. The van der Waals surface area contributed by atoms with Gasteiger partial charge in [-0.15, -0.1) is 6.58 Å². The van der Waals surface area contributed by atoms with E-state index in [-0.39, 0.29) is 33.9 Å². The standard InChI is InChI=1S/C27H21F2N3O3S/c1-3-4-21-20-12-14-32(36(33,34)19-8-5-17(2)6-9-19)26(20)16-24(29)27(21)35-18-7-10-23(28)22(15-18)25-11-13-30-31-25/h3,5-16H,1,4H2,2H3,(H,30,31). The summed E-state index contributed by atoms with van der Waals surface area (Å²) < 4.78 is 63.4. The predicted molar refractivity (Wildman–Crippen MR) is 134 cm³/mol. The fourth-order valence-electron chi connectivity index (χ4n) is 4.06. The monoisotopic (exact) mass is 505 g/mol. The highest BCUT2D eigenvalue weighted by molar-refractivity contribution is 7.90. The van der Waals surface area contributed by atoms with Crippen LogP contribution in [-0.4, -0.2) is 22.6 Å². The number of aromatic nitrogens is 3. The largest absolute Gasteiger partial charge is 0.454 e. The summed E-state index contributed by atoms with van der Waals surface area (Å²) >= 11 is 0. The van der Waals surface area contributed by atoms with Crippen LogP contribution in [0.4, 0.5) is 8.78 Å². The smallest absolute Gasteiger partial charge is 0.268 e. The van der Waals surface area contributed by atoms with E-state index in [4.69, 9.17) is 4.74 Å². The van der Waals surface area contributed by atoms with E-state index < -0.39 is 21.7 Å². The molecule has 0 aliphatic heterocycles. The van der Waals surface area contributed by atoms with Crippen LogP contribution in [0.25, 0.3) is 22.2 Å².